The largest absolute Gasteiger partial charge is 0.0622 e. The first-order valence-electron chi connectivity index (χ1n) is 18.9. The fraction of sp³-hybridized carbons (Fsp3) is 0.0769. The Kier molecular flexibility index (Phi) is 21.1. The SMILES string of the molecule is CP(c1ccccc1)c1ccccc1.CP(c1ccccc1)c1ccccc1.CP(c1ccccc1)c1ccccc1.CP(c1ccccc1)c1ccccc1.[Pt]. The van der Waals surface area contributed by atoms with Crippen LogP contribution in [0.5, 0.6) is 0 Å². The van der Waals surface area contributed by atoms with Gasteiger partial charge in [-0.25, -0.2) is 0 Å². The number of rotatable bonds is 8. The summed E-state index contributed by atoms with van der Waals surface area (Å²) >= 11 is 0. The summed E-state index contributed by atoms with van der Waals surface area (Å²) in [5.41, 5.74) is 0. The predicted octanol–water partition coefficient (Wildman–Crippen LogP) is 11.0. The van der Waals surface area contributed by atoms with Gasteiger partial charge in [0.1, 0.15) is 0 Å². The zero-order chi connectivity index (χ0) is 39.2. The summed E-state index contributed by atoms with van der Waals surface area (Å²) in [5, 5.41) is 11.5. The maximum atomic E-state index is 2.31. The van der Waals surface area contributed by atoms with E-state index in [1.165, 1.54) is 42.4 Å². The Morgan fingerprint density at radius 2 is 0.263 bits per heavy atom. The second-order valence-corrected chi connectivity index (χ2v) is 21.5. The fourth-order valence-corrected chi connectivity index (χ4v) is 12.0. The third-order valence-corrected chi connectivity index (χ3v) is 17.7. The Labute approximate surface area is 362 Å². The molecular weight excluding hydrogens is 944 g/mol. The standard InChI is InChI=1S/4C13H13P.Pt/c4*1-14(12-8-4-2-5-9-12)13-10-6-3-7-11-13;/h4*2-11H,1H3;. The Bertz CT molecular complexity index is 1700. The second-order valence-electron chi connectivity index (χ2n) is 12.9. The quantitative estimate of drug-likeness (QED) is 0.133. The Morgan fingerprint density at radius 1 is 0.175 bits per heavy atom. The van der Waals surface area contributed by atoms with Gasteiger partial charge < -0.3 is 0 Å². The van der Waals surface area contributed by atoms with Crippen molar-refractivity contribution in [2.24, 2.45) is 0 Å². The van der Waals surface area contributed by atoms with Gasteiger partial charge in [0.25, 0.3) is 0 Å². The normalized spacial score (nSPS) is 10.2. The van der Waals surface area contributed by atoms with Crippen molar-refractivity contribution < 1.29 is 21.1 Å². The minimum atomic E-state index is -0.171. The second kappa shape index (κ2) is 26.2. The summed E-state index contributed by atoms with van der Waals surface area (Å²) in [6, 6.07) is 85.6. The van der Waals surface area contributed by atoms with E-state index in [1.807, 2.05) is 0 Å². The molecule has 0 saturated carbocycles. The van der Waals surface area contributed by atoms with Gasteiger partial charge in [-0.15, -0.1) is 0 Å². The van der Waals surface area contributed by atoms with Crippen LogP contribution in [0.2, 0.25) is 0 Å². The Balaban J connectivity index is 0.000000167. The maximum Gasteiger partial charge on any atom is 0 e. The number of hydrogen-bond acceptors (Lipinski definition) is 0. The van der Waals surface area contributed by atoms with Crippen molar-refractivity contribution in [2.75, 3.05) is 26.7 Å². The van der Waals surface area contributed by atoms with Crippen molar-refractivity contribution in [3.8, 4) is 0 Å². The molecule has 0 aromatic heterocycles. The molecule has 0 aliphatic rings. The van der Waals surface area contributed by atoms with Crippen LogP contribution >= 0.6 is 31.7 Å². The third kappa shape index (κ3) is 15.5. The fourth-order valence-electron chi connectivity index (χ4n) is 5.81. The van der Waals surface area contributed by atoms with Crippen LogP contribution in [-0.4, -0.2) is 26.7 Å². The van der Waals surface area contributed by atoms with Gasteiger partial charge in [0.15, 0.2) is 0 Å². The molecule has 0 bridgehead atoms. The van der Waals surface area contributed by atoms with Crippen molar-refractivity contribution in [1.29, 1.82) is 0 Å². The minimum absolute atomic E-state index is 0. The topological polar surface area (TPSA) is 0 Å². The van der Waals surface area contributed by atoms with Crippen LogP contribution in [0.15, 0.2) is 243 Å². The molecule has 0 saturated heterocycles. The molecule has 0 atom stereocenters. The van der Waals surface area contributed by atoms with Crippen LogP contribution < -0.4 is 42.4 Å². The third-order valence-electron chi connectivity index (χ3n) is 9.15. The number of hydrogen-bond donors (Lipinski definition) is 0. The maximum absolute atomic E-state index is 2.31. The molecule has 0 spiro atoms. The van der Waals surface area contributed by atoms with Gasteiger partial charge in [0, 0.05) is 21.1 Å². The van der Waals surface area contributed by atoms with Crippen molar-refractivity contribution in [3.63, 3.8) is 0 Å². The van der Waals surface area contributed by atoms with Crippen LogP contribution in [0, 0.1) is 0 Å². The van der Waals surface area contributed by atoms with E-state index in [1.54, 1.807) is 0 Å². The first-order chi connectivity index (χ1) is 27.5. The van der Waals surface area contributed by atoms with Crippen molar-refractivity contribution in [1.82, 2.24) is 0 Å². The van der Waals surface area contributed by atoms with Gasteiger partial charge in [-0.1, -0.05) is 243 Å². The molecule has 0 radical (unpaired) electrons. The molecule has 8 rings (SSSR count). The summed E-state index contributed by atoms with van der Waals surface area (Å²) in [7, 11) is -0.683. The van der Waals surface area contributed by atoms with E-state index in [4.69, 9.17) is 0 Å². The zero-order valence-electron chi connectivity index (χ0n) is 33.2. The molecular formula is C52H52P4Pt. The van der Waals surface area contributed by atoms with E-state index in [-0.39, 0.29) is 52.8 Å². The van der Waals surface area contributed by atoms with Gasteiger partial charge in [0.05, 0.1) is 0 Å². The first kappa shape index (κ1) is 45.9. The molecule has 8 aromatic rings. The van der Waals surface area contributed by atoms with Gasteiger partial charge in [-0.2, -0.15) is 0 Å². The summed E-state index contributed by atoms with van der Waals surface area (Å²) in [4.78, 5) is 0. The molecule has 8 aromatic carbocycles. The van der Waals surface area contributed by atoms with E-state index in [0.29, 0.717) is 0 Å². The van der Waals surface area contributed by atoms with E-state index < -0.39 is 0 Å². The summed E-state index contributed by atoms with van der Waals surface area (Å²) in [6.45, 7) is 9.22. The molecule has 0 fully saturated rings. The van der Waals surface area contributed by atoms with Gasteiger partial charge >= 0.3 is 0 Å². The van der Waals surface area contributed by atoms with Crippen molar-refractivity contribution >= 4 is 74.1 Å². The average molecular weight is 996 g/mol. The molecule has 0 nitrogen and oxygen atoms in total. The Hall–Kier alpha value is -3.83. The average Bonchev–Trinajstić information content (AvgIpc) is 3.31. The van der Waals surface area contributed by atoms with Crippen LogP contribution in [0.25, 0.3) is 0 Å². The molecule has 0 unspecified atom stereocenters. The van der Waals surface area contributed by atoms with Crippen LogP contribution in [-0.2, 0) is 21.1 Å². The van der Waals surface area contributed by atoms with E-state index in [9.17, 15) is 0 Å². The zero-order valence-corrected chi connectivity index (χ0v) is 39.0. The first-order valence-corrected chi connectivity index (χ1v) is 26.0. The molecule has 0 aliphatic carbocycles. The molecule has 0 N–H and O–H groups in total. The van der Waals surface area contributed by atoms with Crippen LogP contribution in [0.4, 0.5) is 0 Å². The van der Waals surface area contributed by atoms with E-state index in [0.717, 1.165) is 0 Å². The Morgan fingerprint density at radius 3 is 0.351 bits per heavy atom. The minimum Gasteiger partial charge on any atom is -0.0622 e. The van der Waals surface area contributed by atoms with Crippen molar-refractivity contribution in [3.05, 3.63) is 243 Å². The number of benzene rings is 8. The molecule has 5 heteroatoms. The predicted molar refractivity (Wildman–Crippen MR) is 260 cm³/mol. The van der Waals surface area contributed by atoms with Gasteiger partial charge in [-0.3, -0.25) is 0 Å². The van der Waals surface area contributed by atoms with E-state index >= 15 is 0 Å². The van der Waals surface area contributed by atoms with Gasteiger partial charge in [-0.05, 0) is 101 Å². The monoisotopic (exact) mass is 995 g/mol. The van der Waals surface area contributed by atoms with Crippen molar-refractivity contribution in [2.45, 2.75) is 0 Å². The van der Waals surface area contributed by atoms with Crippen LogP contribution in [0.1, 0.15) is 0 Å². The van der Waals surface area contributed by atoms with Gasteiger partial charge in [0.2, 0.25) is 0 Å². The van der Waals surface area contributed by atoms with Crippen LogP contribution in [0.3, 0.4) is 0 Å². The molecule has 0 aliphatic heterocycles. The summed E-state index contributed by atoms with van der Waals surface area (Å²) in [5.74, 6) is 0. The molecule has 0 heterocycles. The summed E-state index contributed by atoms with van der Waals surface area (Å²) in [6.07, 6.45) is 0. The van der Waals surface area contributed by atoms with E-state index in [2.05, 4.69) is 269 Å². The smallest absolute Gasteiger partial charge is 0 e. The summed E-state index contributed by atoms with van der Waals surface area (Å²) < 4.78 is 0. The molecule has 290 valence electrons. The molecule has 57 heavy (non-hydrogen) atoms. The molecule has 0 amide bonds.